The predicted molar refractivity (Wildman–Crippen MR) is 80.6 cm³/mol. The minimum atomic E-state index is -2.93. The molecule has 8 heteroatoms. The van der Waals surface area contributed by atoms with Crippen LogP contribution in [0.5, 0.6) is 0 Å². The Balaban J connectivity index is 2.07. The van der Waals surface area contributed by atoms with Gasteiger partial charge in [-0.2, -0.15) is 0 Å². The van der Waals surface area contributed by atoms with Crippen LogP contribution < -0.4 is 16.6 Å². The highest BCUT2D eigenvalue weighted by Crippen LogP contribution is 2.15. The number of amides is 1. The number of anilines is 1. The smallest absolute Gasteiger partial charge is 0.251 e. The van der Waals surface area contributed by atoms with E-state index in [-0.39, 0.29) is 23.5 Å². The summed E-state index contributed by atoms with van der Waals surface area (Å²) in [6.07, 6.45) is 1.61. The molecule has 0 saturated carbocycles. The molecule has 1 saturated heterocycles. The van der Waals surface area contributed by atoms with Crippen molar-refractivity contribution in [1.82, 2.24) is 10.3 Å². The largest absolute Gasteiger partial charge is 0.349 e. The summed E-state index contributed by atoms with van der Waals surface area (Å²) in [5.74, 6) is 5.81. The van der Waals surface area contributed by atoms with Gasteiger partial charge >= 0.3 is 0 Å². The summed E-state index contributed by atoms with van der Waals surface area (Å²) in [6.45, 7) is 1.94. The Labute approximate surface area is 124 Å². The average molecular weight is 312 g/mol. The molecule has 0 spiro atoms. The van der Waals surface area contributed by atoms with Crippen LogP contribution in [0.1, 0.15) is 35.8 Å². The maximum atomic E-state index is 12.3. The number of pyridine rings is 1. The number of carbonyl (C=O) groups excluding carboxylic acids is 1. The number of carbonyl (C=O) groups is 1. The zero-order valence-corrected chi connectivity index (χ0v) is 12.7. The molecule has 1 aliphatic rings. The Hall–Kier alpha value is -1.67. The zero-order chi connectivity index (χ0) is 15.5. The van der Waals surface area contributed by atoms with Crippen LogP contribution in [0.25, 0.3) is 0 Å². The topological polar surface area (TPSA) is 114 Å². The van der Waals surface area contributed by atoms with Gasteiger partial charge in [-0.05, 0) is 31.4 Å². The number of aromatic nitrogens is 1. The molecule has 4 N–H and O–H groups in total. The SMILES string of the molecule is CCc1cc(C(=O)NC2CCS(=O)(=O)CC2)cc(NN)n1. The summed E-state index contributed by atoms with van der Waals surface area (Å²) in [5.41, 5.74) is 3.68. The minimum Gasteiger partial charge on any atom is -0.349 e. The number of hydrogen-bond acceptors (Lipinski definition) is 6. The van der Waals surface area contributed by atoms with Gasteiger partial charge in [0.15, 0.2) is 0 Å². The molecule has 1 fully saturated rings. The lowest BCUT2D eigenvalue weighted by atomic mass is 10.1. The molecule has 0 aliphatic carbocycles. The molecule has 7 nitrogen and oxygen atoms in total. The molecule has 0 bridgehead atoms. The molecule has 21 heavy (non-hydrogen) atoms. The van der Waals surface area contributed by atoms with Gasteiger partial charge in [0.1, 0.15) is 15.7 Å². The number of hydrazine groups is 1. The summed E-state index contributed by atoms with van der Waals surface area (Å²) in [5, 5.41) is 2.88. The van der Waals surface area contributed by atoms with Crippen molar-refractivity contribution in [1.29, 1.82) is 0 Å². The first kappa shape index (κ1) is 15.7. The second-order valence-electron chi connectivity index (χ2n) is 5.13. The van der Waals surface area contributed by atoms with Gasteiger partial charge in [0.2, 0.25) is 0 Å². The van der Waals surface area contributed by atoms with Crippen molar-refractivity contribution in [2.24, 2.45) is 5.84 Å². The molecular formula is C13H20N4O3S. The van der Waals surface area contributed by atoms with Crippen LogP contribution in [0.15, 0.2) is 12.1 Å². The van der Waals surface area contributed by atoms with Gasteiger partial charge in [-0.1, -0.05) is 6.92 Å². The van der Waals surface area contributed by atoms with E-state index in [9.17, 15) is 13.2 Å². The highest BCUT2D eigenvalue weighted by atomic mass is 32.2. The van der Waals surface area contributed by atoms with E-state index in [2.05, 4.69) is 15.7 Å². The lowest BCUT2D eigenvalue weighted by molar-refractivity contribution is 0.0934. The van der Waals surface area contributed by atoms with Gasteiger partial charge in [0, 0.05) is 17.3 Å². The molecule has 0 unspecified atom stereocenters. The highest BCUT2D eigenvalue weighted by molar-refractivity contribution is 7.91. The third kappa shape index (κ3) is 4.15. The van der Waals surface area contributed by atoms with Gasteiger partial charge in [0.25, 0.3) is 5.91 Å². The zero-order valence-electron chi connectivity index (χ0n) is 11.9. The van der Waals surface area contributed by atoms with Crippen LogP contribution in [-0.4, -0.2) is 36.9 Å². The average Bonchev–Trinajstić information content (AvgIpc) is 2.48. The molecule has 2 rings (SSSR count). The summed E-state index contributed by atoms with van der Waals surface area (Å²) < 4.78 is 22.8. The normalized spacial score (nSPS) is 18.2. The van der Waals surface area contributed by atoms with E-state index in [0.717, 1.165) is 5.69 Å². The molecule has 0 atom stereocenters. The van der Waals surface area contributed by atoms with Crippen molar-refractivity contribution in [2.45, 2.75) is 32.2 Å². The first-order chi connectivity index (χ1) is 9.93. The maximum absolute atomic E-state index is 12.3. The van der Waals surface area contributed by atoms with Crippen molar-refractivity contribution in [3.05, 3.63) is 23.4 Å². The Bertz CT molecular complexity index is 594. The number of nitrogens with two attached hydrogens (primary N) is 1. The Morgan fingerprint density at radius 3 is 2.62 bits per heavy atom. The number of aryl methyl sites for hydroxylation is 1. The maximum Gasteiger partial charge on any atom is 0.251 e. The van der Waals surface area contributed by atoms with Crippen LogP contribution in [0, 0.1) is 0 Å². The van der Waals surface area contributed by atoms with Crippen molar-refractivity contribution in [3.63, 3.8) is 0 Å². The molecule has 1 aliphatic heterocycles. The fraction of sp³-hybridized carbons (Fsp3) is 0.538. The van der Waals surface area contributed by atoms with E-state index in [4.69, 9.17) is 5.84 Å². The summed E-state index contributed by atoms with van der Waals surface area (Å²) in [6, 6.07) is 3.19. The highest BCUT2D eigenvalue weighted by Gasteiger charge is 2.25. The molecule has 0 aromatic carbocycles. The van der Waals surface area contributed by atoms with Crippen LogP contribution in [0.2, 0.25) is 0 Å². The van der Waals surface area contributed by atoms with Gasteiger partial charge in [-0.25, -0.2) is 19.2 Å². The van der Waals surface area contributed by atoms with Crippen molar-refractivity contribution < 1.29 is 13.2 Å². The number of nitrogens with one attached hydrogen (secondary N) is 2. The quantitative estimate of drug-likeness (QED) is 0.542. The monoisotopic (exact) mass is 312 g/mol. The number of sulfone groups is 1. The summed E-state index contributed by atoms with van der Waals surface area (Å²) in [7, 11) is -2.93. The lowest BCUT2D eigenvalue weighted by Crippen LogP contribution is -2.40. The summed E-state index contributed by atoms with van der Waals surface area (Å²) in [4.78, 5) is 16.5. The van der Waals surface area contributed by atoms with Crippen molar-refractivity contribution >= 4 is 21.6 Å². The number of hydrogen-bond donors (Lipinski definition) is 3. The second-order valence-corrected chi connectivity index (χ2v) is 7.43. The first-order valence-corrected chi connectivity index (χ1v) is 8.74. The number of rotatable bonds is 4. The molecule has 1 aromatic heterocycles. The van der Waals surface area contributed by atoms with Gasteiger partial charge in [-0.3, -0.25) is 4.79 Å². The van der Waals surface area contributed by atoms with Crippen LogP contribution >= 0.6 is 0 Å². The van der Waals surface area contributed by atoms with Crippen molar-refractivity contribution in [2.75, 3.05) is 16.9 Å². The van der Waals surface area contributed by atoms with E-state index in [1.807, 2.05) is 6.92 Å². The molecular weight excluding hydrogens is 292 g/mol. The van der Waals surface area contributed by atoms with E-state index >= 15 is 0 Å². The van der Waals surface area contributed by atoms with E-state index in [0.29, 0.717) is 30.6 Å². The lowest BCUT2D eigenvalue weighted by Gasteiger charge is -2.23. The van der Waals surface area contributed by atoms with E-state index in [1.165, 1.54) is 0 Å². The second kappa shape index (κ2) is 6.40. The third-order valence-corrected chi connectivity index (χ3v) is 5.26. The van der Waals surface area contributed by atoms with Crippen LogP contribution in [-0.2, 0) is 16.3 Å². The molecule has 2 heterocycles. The fourth-order valence-corrected chi connectivity index (χ4v) is 3.77. The molecule has 116 valence electrons. The molecule has 1 amide bonds. The van der Waals surface area contributed by atoms with Crippen LogP contribution in [0.3, 0.4) is 0 Å². The van der Waals surface area contributed by atoms with E-state index < -0.39 is 9.84 Å². The standard InChI is InChI=1S/C13H20N4O3S/c1-2-10-7-9(8-12(15-10)17-14)13(18)16-11-3-5-21(19,20)6-4-11/h7-8,11H,2-6,14H2,1H3,(H,15,17)(H,16,18). The van der Waals surface area contributed by atoms with Crippen molar-refractivity contribution in [3.8, 4) is 0 Å². The molecule has 0 radical (unpaired) electrons. The first-order valence-electron chi connectivity index (χ1n) is 6.92. The Kier molecular flexibility index (Phi) is 4.79. The van der Waals surface area contributed by atoms with Gasteiger partial charge in [0.05, 0.1) is 11.5 Å². The number of nitrogen functional groups attached to an aromatic ring is 1. The minimum absolute atomic E-state index is 0.103. The fourth-order valence-electron chi connectivity index (χ4n) is 2.28. The number of nitrogens with zero attached hydrogens (tertiary/aromatic N) is 1. The van der Waals surface area contributed by atoms with E-state index in [1.54, 1.807) is 12.1 Å². The van der Waals surface area contributed by atoms with Gasteiger partial charge < -0.3 is 10.7 Å². The molecule has 1 aromatic rings. The Morgan fingerprint density at radius 1 is 1.38 bits per heavy atom. The third-order valence-electron chi connectivity index (χ3n) is 3.54. The predicted octanol–water partition coefficient (Wildman–Crippen LogP) is 0.237. The van der Waals surface area contributed by atoms with Gasteiger partial charge in [-0.15, -0.1) is 0 Å². The Morgan fingerprint density at radius 2 is 2.05 bits per heavy atom. The van der Waals surface area contributed by atoms with Crippen LogP contribution in [0.4, 0.5) is 5.82 Å². The summed E-state index contributed by atoms with van der Waals surface area (Å²) >= 11 is 0.